The fraction of sp³-hybridized carbons (Fsp3) is 0.538. The van der Waals surface area contributed by atoms with Crippen LogP contribution in [0.1, 0.15) is 31.2 Å². The quantitative estimate of drug-likeness (QED) is 0.861. The lowest BCUT2D eigenvalue weighted by Crippen LogP contribution is -2.29. The molecule has 0 aliphatic heterocycles. The van der Waals surface area contributed by atoms with Crippen LogP contribution in [0.3, 0.4) is 0 Å². The van der Waals surface area contributed by atoms with E-state index in [0.717, 1.165) is 22.7 Å². The summed E-state index contributed by atoms with van der Waals surface area (Å²) in [5.74, 6) is 0. The van der Waals surface area contributed by atoms with Crippen molar-refractivity contribution in [1.82, 2.24) is 4.90 Å². The predicted molar refractivity (Wildman–Crippen MR) is 72.3 cm³/mol. The van der Waals surface area contributed by atoms with E-state index in [9.17, 15) is 0 Å². The number of nitrogen functional groups attached to an aromatic ring is 1. The summed E-state index contributed by atoms with van der Waals surface area (Å²) >= 11 is 3.58. The van der Waals surface area contributed by atoms with Gasteiger partial charge in [-0.3, -0.25) is 4.90 Å². The minimum absolute atomic E-state index is 0.742. The molecule has 0 unspecified atom stereocenters. The molecule has 2 rings (SSSR count). The van der Waals surface area contributed by atoms with Gasteiger partial charge in [0.15, 0.2) is 0 Å². The minimum Gasteiger partial charge on any atom is -0.398 e. The second kappa shape index (κ2) is 5.19. The molecule has 0 saturated heterocycles. The Morgan fingerprint density at radius 2 is 2.06 bits per heavy atom. The van der Waals surface area contributed by atoms with Crippen molar-refractivity contribution >= 4 is 21.6 Å². The largest absolute Gasteiger partial charge is 0.398 e. The molecule has 88 valence electrons. The SMILES string of the molecule is CN(Cc1c(N)cccc1Br)C1CCCC1. The fourth-order valence-corrected chi connectivity index (χ4v) is 2.97. The highest BCUT2D eigenvalue weighted by Crippen LogP contribution is 2.28. The molecule has 0 amide bonds. The summed E-state index contributed by atoms with van der Waals surface area (Å²) in [5.41, 5.74) is 8.12. The first-order valence-electron chi connectivity index (χ1n) is 5.91. The van der Waals surface area contributed by atoms with Gasteiger partial charge in [0, 0.05) is 28.3 Å². The third-order valence-corrected chi connectivity index (χ3v) is 4.25. The molecule has 1 aromatic carbocycles. The average Bonchev–Trinajstić information content (AvgIpc) is 2.76. The first-order chi connectivity index (χ1) is 7.68. The van der Waals surface area contributed by atoms with E-state index >= 15 is 0 Å². The second-order valence-corrected chi connectivity index (χ2v) is 5.52. The molecule has 0 aromatic heterocycles. The van der Waals surface area contributed by atoms with Crippen LogP contribution in [-0.2, 0) is 6.54 Å². The van der Waals surface area contributed by atoms with Crippen LogP contribution in [0.15, 0.2) is 22.7 Å². The van der Waals surface area contributed by atoms with Gasteiger partial charge in [-0.15, -0.1) is 0 Å². The Labute approximate surface area is 106 Å². The molecule has 0 heterocycles. The lowest BCUT2D eigenvalue weighted by molar-refractivity contribution is 0.237. The van der Waals surface area contributed by atoms with E-state index in [1.807, 2.05) is 12.1 Å². The molecule has 1 saturated carbocycles. The lowest BCUT2D eigenvalue weighted by atomic mass is 10.1. The molecule has 1 aliphatic carbocycles. The van der Waals surface area contributed by atoms with Crippen molar-refractivity contribution in [3.05, 3.63) is 28.2 Å². The Balaban J connectivity index is 2.07. The Hall–Kier alpha value is -0.540. The van der Waals surface area contributed by atoms with Gasteiger partial charge in [0.1, 0.15) is 0 Å². The molecular formula is C13H19BrN2. The van der Waals surface area contributed by atoms with Gasteiger partial charge in [-0.2, -0.15) is 0 Å². The van der Waals surface area contributed by atoms with Crippen molar-refractivity contribution in [3.63, 3.8) is 0 Å². The summed E-state index contributed by atoms with van der Waals surface area (Å²) in [5, 5.41) is 0. The molecular weight excluding hydrogens is 264 g/mol. The molecule has 0 spiro atoms. The fourth-order valence-electron chi connectivity index (χ4n) is 2.47. The predicted octanol–water partition coefficient (Wildman–Crippen LogP) is 3.41. The van der Waals surface area contributed by atoms with Crippen LogP contribution in [0, 0.1) is 0 Å². The van der Waals surface area contributed by atoms with Crippen LogP contribution in [0.2, 0.25) is 0 Å². The first kappa shape index (κ1) is 11.9. The molecule has 1 aromatic rings. The first-order valence-corrected chi connectivity index (χ1v) is 6.71. The zero-order valence-electron chi connectivity index (χ0n) is 9.75. The Morgan fingerprint density at radius 1 is 1.38 bits per heavy atom. The molecule has 3 heteroatoms. The van der Waals surface area contributed by atoms with Crippen molar-refractivity contribution in [1.29, 1.82) is 0 Å². The Morgan fingerprint density at radius 3 is 2.69 bits per heavy atom. The van der Waals surface area contributed by atoms with Crippen LogP contribution in [0.4, 0.5) is 5.69 Å². The molecule has 1 aliphatic rings. The summed E-state index contributed by atoms with van der Waals surface area (Å²) in [7, 11) is 2.20. The number of nitrogens with zero attached hydrogens (tertiary/aromatic N) is 1. The van der Waals surface area contributed by atoms with Crippen molar-refractivity contribution < 1.29 is 0 Å². The molecule has 16 heavy (non-hydrogen) atoms. The number of nitrogens with two attached hydrogens (primary N) is 1. The molecule has 0 atom stereocenters. The second-order valence-electron chi connectivity index (χ2n) is 4.66. The third kappa shape index (κ3) is 2.58. The van der Waals surface area contributed by atoms with Crippen LogP contribution >= 0.6 is 15.9 Å². The molecule has 0 radical (unpaired) electrons. The van der Waals surface area contributed by atoms with Gasteiger partial charge in [-0.05, 0) is 32.0 Å². The highest BCUT2D eigenvalue weighted by atomic mass is 79.9. The van der Waals surface area contributed by atoms with Crippen molar-refractivity contribution in [3.8, 4) is 0 Å². The highest BCUT2D eigenvalue weighted by Gasteiger charge is 2.20. The summed E-state index contributed by atoms with van der Waals surface area (Å²) in [6.45, 7) is 0.942. The summed E-state index contributed by atoms with van der Waals surface area (Å²) in [4.78, 5) is 2.43. The molecule has 2 N–H and O–H groups in total. The number of rotatable bonds is 3. The molecule has 0 bridgehead atoms. The van der Waals surface area contributed by atoms with E-state index < -0.39 is 0 Å². The molecule has 1 fully saturated rings. The van der Waals surface area contributed by atoms with E-state index in [4.69, 9.17) is 5.73 Å². The minimum atomic E-state index is 0.742. The summed E-state index contributed by atoms with van der Waals surface area (Å²) in [6, 6.07) is 6.77. The Kier molecular flexibility index (Phi) is 3.87. The zero-order chi connectivity index (χ0) is 11.5. The van der Waals surface area contributed by atoms with Gasteiger partial charge in [0.05, 0.1) is 0 Å². The number of halogens is 1. The summed E-state index contributed by atoms with van der Waals surface area (Å²) < 4.78 is 1.12. The van der Waals surface area contributed by atoms with Crippen molar-refractivity contribution in [2.75, 3.05) is 12.8 Å². The number of hydrogen-bond donors (Lipinski definition) is 1. The van der Waals surface area contributed by atoms with Crippen molar-refractivity contribution in [2.24, 2.45) is 0 Å². The van der Waals surface area contributed by atoms with E-state index in [-0.39, 0.29) is 0 Å². The topological polar surface area (TPSA) is 29.3 Å². The summed E-state index contributed by atoms with van der Waals surface area (Å²) in [6.07, 6.45) is 5.42. The van der Waals surface area contributed by atoms with Gasteiger partial charge in [0.25, 0.3) is 0 Å². The highest BCUT2D eigenvalue weighted by molar-refractivity contribution is 9.10. The smallest absolute Gasteiger partial charge is 0.0371 e. The standard InChI is InChI=1S/C13H19BrN2/c1-16(10-5-2-3-6-10)9-11-12(14)7-4-8-13(11)15/h4,7-8,10H,2-3,5-6,9,15H2,1H3. The van der Waals surface area contributed by atoms with Gasteiger partial charge in [-0.25, -0.2) is 0 Å². The van der Waals surface area contributed by atoms with Gasteiger partial charge < -0.3 is 5.73 Å². The van der Waals surface area contributed by atoms with E-state index in [2.05, 4.69) is 33.9 Å². The molecule has 2 nitrogen and oxygen atoms in total. The maximum Gasteiger partial charge on any atom is 0.0371 e. The van der Waals surface area contributed by atoms with Crippen LogP contribution < -0.4 is 5.73 Å². The maximum absolute atomic E-state index is 6.01. The normalized spacial score (nSPS) is 17.2. The van der Waals surface area contributed by atoms with Crippen molar-refractivity contribution in [2.45, 2.75) is 38.3 Å². The average molecular weight is 283 g/mol. The van der Waals surface area contributed by atoms with Gasteiger partial charge in [-0.1, -0.05) is 34.8 Å². The van der Waals surface area contributed by atoms with Crippen LogP contribution in [0.25, 0.3) is 0 Å². The number of hydrogen-bond acceptors (Lipinski definition) is 2. The Bertz CT molecular complexity index is 339. The zero-order valence-corrected chi connectivity index (χ0v) is 11.3. The van der Waals surface area contributed by atoms with E-state index in [0.29, 0.717) is 0 Å². The third-order valence-electron chi connectivity index (χ3n) is 3.51. The maximum atomic E-state index is 6.01. The van der Waals surface area contributed by atoms with Crippen LogP contribution in [0.5, 0.6) is 0 Å². The van der Waals surface area contributed by atoms with E-state index in [1.54, 1.807) is 0 Å². The number of anilines is 1. The van der Waals surface area contributed by atoms with Gasteiger partial charge in [0.2, 0.25) is 0 Å². The lowest BCUT2D eigenvalue weighted by Gasteiger charge is -2.25. The van der Waals surface area contributed by atoms with E-state index in [1.165, 1.54) is 31.2 Å². The van der Waals surface area contributed by atoms with Gasteiger partial charge >= 0.3 is 0 Å². The number of benzene rings is 1. The van der Waals surface area contributed by atoms with Crippen LogP contribution in [-0.4, -0.2) is 18.0 Å². The monoisotopic (exact) mass is 282 g/mol.